The summed E-state index contributed by atoms with van der Waals surface area (Å²) >= 11 is 11.6. The summed E-state index contributed by atoms with van der Waals surface area (Å²) in [6, 6.07) is 7.26. The fourth-order valence-corrected chi connectivity index (χ4v) is 3.35. The van der Waals surface area contributed by atoms with E-state index in [0.29, 0.717) is 5.02 Å². The predicted octanol–water partition coefficient (Wildman–Crippen LogP) is 3.20. The van der Waals surface area contributed by atoms with Crippen LogP contribution in [-0.4, -0.2) is 20.5 Å². The first-order chi connectivity index (χ1) is 9.44. The van der Waals surface area contributed by atoms with Crippen molar-refractivity contribution in [2.45, 2.75) is 4.90 Å². The molecule has 2 aromatic rings. The molecule has 0 unspecified atom stereocenters. The fourth-order valence-electron chi connectivity index (χ4n) is 1.52. The van der Waals surface area contributed by atoms with E-state index in [0.717, 1.165) is 0 Å². The second-order valence-corrected chi connectivity index (χ2v) is 6.23. The van der Waals surface area contributed by atoms with E-state index in [4.69, 9.17) is 27.9 Å². The topological polar surface area (TPSA) is 68.3 Å². The molecule has 0 aliphatic rings. The van der Waals surface area contributed by atoms with Gasteiger partial charge in [-0.3, -0.25) is 4.72 Å². The standard InChI is InChI=1S/C12H10Cl2N2O3S/c1-19-12-10(3-2-6-15-12)16-20(17,18)11-5-4-8(13)7-9(11)14/h2-7,16H,1H3. The first kappa shape index (κ1) is 14.9. The van der Waals surface area contributed by atoms with Crippen molar-refractivity contribution in [2.75, 3.05) is 11.8 Å². The zero-order valence-corrected chi connectivity index (χ0v) is 12.6. The summed E-state index contributed by atoms with van der Waals surface area (Å²) in [5.41, 5.74) is 0.223. The number of aromatic nitrogens is 1. The van der Waals surface area contributed by atoms with Crippen molar-refractivity contribution in [1.29, 1.82) is 0 Å². The Morgan fingerprint density at radius 1 is 1.25 bits per heavy atom. The maximum absolute atomic E-state index is 12.3. The molecule has 20 heavy (non-hydrogen) atoms. The number of hydrogen-bond donors (Lipinski definition) is 1. The number of hydrogen-bond acceptors (Lipinski definition) is 4. The molecule has 0 fully saturated rings. The lowest BCUT2D eigenvalue weighted by atomic mass is 10.4. The fraction of sp³-hybridized carbons (Fsp3) is 0.0833. The van der Waals surface area contributed by atoms with Crippen LogP contribution in [0.3, 0.4) is 0 Å². The maximum Gasteiger partial charge on any atom is 0.263 e. The third-order valence-electron chi connectivity index (χ3n) is 2.39. The number of rotatable bonds is 4. The molecule has 2 rings (SSSR count). The third kappa shape index (κ3) is 3.15. The molecule has 1 aromatic heterocycles. The molecule has 106 valence electrons. The second kappa shape index (κ2) is 5.87. The van der Waals surface area contributed by atoms with Gasteiger partial charge in [0.25, 0.3) is 10.0 Å². The number of nitrogens with one attached hydrogen (secondary N) is 1. The highest BCUT2D eigenvalue weighted by Crippen LogP contribution is 2.28. The Labute approximate surface area is 126 Å². The van der Waals surface area contributed by atoms with Crippen LogP contribution in [0.1, 0.15) is 0 Å². The molecule has 0 saturated heterocycles. The quantitative estimate of drug-likeness (QED) is 0.933. The Bertz CT molecular complexity index is 735. The van der Waals surface area contributed by atoms with Gasteiger partial charge in [0, 0.05) is 11.2 Å². The predicted molar refractivity (Wildman–Crippen MR) is 78.1 cm³/mol. The first-order valence-corrected chi connectivity index (χ1v) is 7.65. The summed E-state index contributed by atoms with van der Waals surface area (Å²) in [7, 11) is -2.46. The number of ether oxygens (including phenoxy) is 1. The lowest BCUT2D eigenvalue weighted by Gasteiger charge is -2.11. The monoisotopic (exact) mass is 332 g/mol. The summed E-state index contributed by atoms with van der Waals surface area (Å²) in [5.74, 6) is 0.168. The summed E-state index contributed by atoms with van der Waals surface area (Å²) < 4.78 is 31.9. The van der Waals surface area contributed by atoms with E-state index in [9.17, 15) is 8.42 Å². The van der Waals surface area contributed by atoms with Crippen LogP contribution in [-0.2, 0) is 10.0 Å². The highest BCUT2D eigenvalue weighted by molar-refractivity contribution is 7.92. The minimum atomic E-state index is -3.85. The van der Waals surface area contributed by atoms with Crippen molar-refractivity contribution in [1.82, 2.24) is 4.98 Å². The molecule has 0 atom stereocenters. The number of pyridine rings is 1. The van der Waals surface area contributed by atoms with E-state index in [1.807, 2.05) is 0 Å². The average Bonchev–Trinajstić information content (AvgIpc) is 2.38. The number of sulfonamides is 1. The Morgan fingerprint density at radius 2 is 2.00 bits per heavy atom. The molecule has 0 radical (unpaired) electrons. The van der Waals surface area contributed by atoms with E-state index in [-0.39, 0.29) is 21.5 Å². The van der Waals surface area contributed by atoms with Gasteiger partial charge in [0.1, 0.15) is 10.6 Å². The molecule has 0 spiro atoms. The molecule has 1 heterocycles. The summed E-state index contributed by atoms with van der Waals surface area (Å²) in [5, 5.41) is 0.390. The first-order valence-electron chi connectivity index (χ1n) is 5.41. The smallest absolute Gasteiger partial charge is 0.263 e. The van der Waals surface area contributed by atoms with Gasteiger partial charge in [-0.05, 0) is 30.3 Å². The maximum atomic E-state index is 12.3. The van der Waals surface area contributed by atoms with Crippen molar-refractivity contribution >= 4 is 38.9 Å². The van der Waals surface area contributed by atoms with E-state index >= 15 is 0 Å². The normalized spacial score (nSPS) is 11.2. The summed E-state index contributed by atoms with van der Waals surface area (Å²) in [4.78, 5) is 3.83. The van der Waals surface area contributed by atoms with E-state index in [1.165, 1.54) is 37.6 Å². The molecular formula is C12H10Cl2N2O3S. The van der Waals surface area contributed by atoms with Crippen LogP contribution in [0.2, 0.25) is 10.0 Å². The summed E-state index contributed by atoms with van der Waals surface area (Å²) in [6.07, 6.45) is 1.49. The Morgan fingerprint density at radius 3 is 2.65 bits per heavy atom. The molecule has 1 N–H and O–H groups in total. The number of anilines is 1. The molecule has 0 amide bonds. The number of nitrogens with zero attached hydrogens (tertiary/aromatic N) is 1. The van der Waals surface area contributed by atoms with Crippen molar-refractivity contribution in [2.24, 2.45) is 0 Å². The molecule has 1 aromatic carbocycles. The van der Waals surface area contributed by atoms with Crippen LogP contribution >= 0.6 is 23.2 Å². The van der Waals surface area contributed by atoms with Gasteiger partial charge in [-0.2, -0.15) is 0 Å². The van der Waals surface area contributed by atoms with Crippen molar-refractivity contribution in [3.8, 4) is 5.88 Å². The van der Waals surface area contributed by atoms with E-state index in [2.05, 4.69) is 9.71 Å². The van der Waals surface area contributed by atoms with Crippen molar-refractivity contribution < 1.29 is 13.2 Å². The number of methoxy groups -OCH3 is 1. The van der Waals surface area contributed by atoms with Crippen molar-refractivity contribution in [3.05, 3.63) is 46.6 Å². The zero-order valence-electron chi connectivity index (χ0n) is 10.3. The molecule has 0 aliphatic carbocycles. The minimum Gasteiger partial charge on any atom is -0.480 e. The van der Waals surface area contributed by atoms with Gasteiger partial charge in [0.2, 0.25) is 5.88 Å². The molecular weight excluding hydrogens is 323 g/mol. The van der Waals surface area contributed by atoms with Crippen LogP contribution in [0, 0.1) is 0 Å². The van der Waals surface area contributed by atoms with Crippen LogP contribution in [0.5, 0.6) is 5.88 Å². The van der Waals surface area contributed by atoms with Gasteiger partial charge >= 0.3 is 0 Å². The van der Waals surface area contributed by atoms with E-state index in [1.54, 1.807) is 6.07 Å². The van der Waals surface area contributed by atoms with Gasteiger partial charge in [0.15, 0.2) is 0 Å². The van der Waals surface area contributed by atoms with E-state index < -0.39 is 10.0 Å². The molecule has 5 nitrogen and oxygen atoms in total. The van der Waals surface area contributed by atoms with Crippen LogP contribution in [0.25, 0.3) is 0 Å². The highest BCUT2D eigenvalue weighted by Gasteiger charge is 2.20. The third-order valence-corrected chi connectivity index (χ3v) is 4.48. The van der Waals surface area contributed by atoms with Gasteiger partial charge in [-0.15, -0.1) is 0 Å². The van der Waals surface area contributed by atoms with Crippen LogP contribution in [0.15, 0.2) is 41.4 Å². The molecule has 8 heteroatoms. The van der Waals surface area contributed by atoms with Crippen molar-refractivity contribution in [3.63, 3.8) is 0 Å². The van der Waals surface area contributed by atoms with Crippen LogP contribution in [0.4, 0.5) is 5.69 Å². The molecule has 0 bridgehead atoms. The average molecular weight is 333 g/mol. The lowest BCUT2D eigenvalue weighted by molar-refractivity contribution is 0.400. The Balaban J connectivity index is 2.41. The SMILES string of the molecule is COc1ncccc1NS(=O)(=O)c1ccc(Cl)cc1Cl. The molecule has 0 saturated carbocycles. The highest BCUT2D eigenvalue weighted by atomic mass is 35.5. The number of halogens is 2. The zero-order chi connectivity index (χ0) is 14.8. The molecule has 0 aliphatic heterocycles. The van der Waals surface area contributed by atoms with Gasteiger partial charge in [-0.25, -0.2) is 13.4 Å². The largest absolute Gasteiger partial charge is 0.480 e. The lowest BCUT2D eigenvalue weighted by Crippen LogP contribution is -2.14. The Hall–Kier alpha value is -1.50. The van der Waals surface area contributed by atoms with Crippen LogP contribution < -0.4 is 9.46 Å². The Kier molecular flexibility index (Phi) is 4.37. The van der Waals surface area contributed by atoms with Gasteiger partial charge in [-0.1, -0.05) is 23.2 Å². The summed E-state index contributed by atoms with van der Waals surface area (Å²) in [6.45, 7) is 0. The van der Waals surface area contributed by atoms with Gasteiger partial charge < -0.3 is 4.74 Å². The second-order valence-electron chi connectivity index (χ2n) is 3.74. The number of benzene rings is 1. The minimum absolute atomic E-state index is 0.0351. The van der Waals surface area contributed by atoms with Gasteiger partial charge in [0.05, 0.1) is 12.1 Å².